The molecule has 3 fully saturated rings. The minimum atomic E-state index is -1.92. The van der Waals surface area contributed by atoms with Gasteiger partial charge >= 0.3 is 29.8 Å². The van der Waals surface area contributed by atoms with Crippen molar-refractivity contribution in [1.29, 1.82) is 0 Å². The molecule has 1 aliphatic heterocycles. The van der Waals surface area contributed by atoms with Gasteiger partial charge in [0, 0.05) is 27.7 Å². The maximum Gasteiger partial charge on any atom is 0.338 e. The van der Waals surface area contributed by atoms with E-state index in [0.717, 1.165) is 13.8 Å². The first-order chi connectivity index (χ1) is 19.6. The molecule has 1 heterocycles. The second kappa shape index (κ2) is 11.3. The standard InChI is InChI=1S/C30H38O12/c1-15-13-21(35)24(39-18(4)33)29(14-37-16(2)31)26(41-27(36)20-11-9-8-10-12-20)23(38-17(3)32)22-25(40-19(5)34)30(15,29)42-28(22,6)7/h8-12,15,21-26,35H,13-14H2,1-7H3/t15-,21+,22-,23-,24+,25-,26-,29+,30-/m1/s1. The number of aliphatic hydroxyl groups excluding tert-OH is 1. The lowest BCUT2D eigenvalue weighted by atomic mass is 9.47. The topological polar surface area (TPSA) is 161 Å². The first-order valence-electron chi connectivity index (χ1n) is 13.9. The molecule has 0 radical (unpaired) electrons. The van der Waals surface area contributed by atoms with Crippen molar-refractivity contribution in [3.8, 4) is 0 Å². The Kier molecular flexibility index (Phi) is 8.45. The van der Waals surface area contributed by atoms with Gasteiger partial charge < -0.3 is 33.5 Å². The fraction of sp³-hybridized carbons (Fsp3) is 0.633. The highest BCUT2D eigenvalue weighted by Gasteiger charge is 2.85. The Labute approximate surface area is 243 Å². The zero-order chi connectivity index (χ0) is 31.2. The van der Waals surface area contributed by atoms with E-state index in [1.165, 1.54) is 26.0 Å². The van der Waals surface area contributed by atoms with Crippen LogP contribution in [0, 0.1) is 17.3 Å². The van der Waals surface area contributed by atoms with Gasteiger partial charge in [0.25, 0.3) is 0 Å². The molecule has 0 unspecified atom stereocenters. The molecule has 42 heavy (non-hydrogen) atoms. The van der Waals surface area contributed by atoms with E-state index in [0.29, 0.717) is 0 Å². The summed E-state index contributed by atoms with van der Waals surface area (Å²) in [5.74, 6) is -5.27. The van der Waals surface area contributed by atoms with Crippen molar-refractivity contribution < 1.29 is 57.5 Å². The molecule has 1 saturated heterocycles. The van der Waals surface area contributed by atoms with Crippen LogP contribution in [0.3, 0.4) is 0 Å². The van der Waals surface area contributed by atoms with Crippen molar-refractivity contribution in [2.45, 2.75) is 96.6 Å². The summed E-state index contributed by atoms with van der Waals surface area (Å²) in [6, 6.07) is 8.04. The van der Waals surface area contributed by atoms with Crippen LogP contribution in [-0.4, -0.2) is 83.3 Å². The van der Waals surface area contributed by atoms with Crippen molar-refractivity contribution >= 4 is 29.8 Å². The molecule has 12 heteroatoms. The predicted molar refractivity (Wildman–Crippen MR) is 143 cm³/mol. The molecule has 230 valence electrons. The molecular weight excluding hydrogens is 552 g/mol. The van der Waals surface area contributed by atoms with Gasteiger partial charge in [0.1, 0.15) is 35.9 Å². The fourth-order valence-electron chi connectivity index (χ4n) is 7.51. The second-order valence-electron chi connectivity index (χ2n) is 11.9. The lowest BCUT2D eigenvalue weighted by molar-refractivity contribution is -0.328. The van der Waals surface area contributed by atoms with Crippen LogP contribution in [0.2, 0.25) is 0 Å². The van der Waals surface area contributed by atoms with Gasteiger partial charge in [-0.25, -0.2) is 4.79 Å². The summed E-state index contributed by atoms with van der Waals surface area (Å²) >= 11 is 0. The third-order valence-electron chi connectivity index (χ3n) is 8.70. The largest absolute Gasteiger partial charge is 0.465 e. The third kappa shape index (κ3) is 5.04. The second-order valence-corrected chi connectivity index (χ2v) is 11.9. The summed E-state index contributed by atoms with van der Waals surface area (Å²) < 4.78 is 36.2. The molecule has 1 N–H and O–H groups in total. The molecule has 1 aromatic carbocycles. The van der Waals surface area contributed by atoms with E-state index < -0.39 is 95.4 Å². The number of carbonyl (C=O) groups is 5. The Hall–Kier alpha value is -3.51. The van der Waals surface area contributed by atoms with Crippen LogP contribution in [0.15, 0.2) is 30.3 Å². The van der Waals surface area contributed by atoms with Crippen molar-refractivity contribution in [2.75, 3.05) is 6.61 Å². The van der Waals surface area contributed by atoms with E-state index in [1.807, 2.05) is 0 Å². The van der Waals surface area contributed by atoms with Crippen LogP contribution in [0.4, 0.5) is 0 Å². The highest BCUT2D eigenvalue weighted by molar-refractivity contribution is 5.89. The monoisotopic (exact) mass is 590 g/mol. The molecule has 4 rings (SSSR count). The summed E-state index contributed by atoms with van der Waals surface area (Å²) in [6.45, 7) is 9.27. The van der Waals surface area contributed by atoms with Gasteiger partial charge in [-0.15, -0.1) is 0 Å². The first kappa shape index (κ1) is 31.4. The van der Waals surface area contributed by atoms with Gasteiger partial charge in [0.15, 0.2) is 6.10 Å². The fourth-order valence-corrected chi connectivity index (χ4v) is 7.51. The Morgan fingerprint density at radius 2 is 1.40 bits per heavy atom. The van der Waals surface area contributed by atoms with Gasteiger partial charge in [0.2, 0.25) is 0 Å². The molecule has 2 saturated carbocycles. The van der Waals surface area contributed by atoms with Crippen molar-refractivity contribution in [3.63, 3.8) is 0 Å². The van der Waals surface area contributed by atoms with E-state index in [4.69, 9.17) is 28.4 Å². The average molecular weight is 591 g/mol. The summed E-state index contributed by atoms with van der Waals surface area (Å²) in [7, 11) is 0. The van der Waals surface area contributed by atoms with Crippen LogP contribution in [0.5, 0.6) is 0 Å². The number of hydrogen-bond acceptors (Lipinski definition) is 12. The van der Waals surface area contributed by atoms with E-state index >= 15 is 0 Å². The predicted octanol–water partition coefficient (Wildman–Crippen LogP) is 2.13. The van der Waals surface area contributed by atoms with E-state index in [-0.39, 0.29) is 12.0 Å². The minimum absolute atomic E-state index is 0.0257. The van der Waals surface area contributed by atoms with Crippen molar-refractivity contribution in [3.05, 3.63) is 35.9 Å². The van der Waals surface area contributed by atoms with Crippen molar-refractivity contribution in [2.24, 2.45) is 17.3 Å². The highest BCUT2D eigenvalue weighted by Crippen LogP contribution is 2.68. The van der Waals surface area contributed by atoms with Gasteiger partial charge in [0.05, 0.1) is 23.2 Å². The zero-order valence-electron chi connectivity index (χ0n) is 24.8. The highest BCUT2D eigenvalue weighted by atomic mass is 16.6. The SMILES string of the molecule is CC(=O)OC[C@]12[C@H](OC(=O)c3ccccc3)[C@H](OC(C)=O)[C@@H]3[C@@H](OC(C)=O)[C@]1(OC3(C)C)[C@H](C)C[C@H](O)[C@@H]2OC(C)=O. The number of fused-ring (bicyclic) bond motifs is 1. The number of rotatable bonds is 7. The molecule has 2 aliphatic carbocycles. The number of hydrogen-bond donors (Lipinski definition) is 1. The molecule has 1 spiro atoms. The molecule has 9 atom stereocenters. The zero-order valence-corrected chi connectivity index (χ0v) is 24.8. The number of aliphatic hydroxyl groups is 1. The van der Waals surface area contributed by atoms with E-state index in [2.05, 4.69) is 0 Å². The normalized spacial score (nSPS) is 36.1. The number of benzene rings is 1. The Balaban J connectivity index is 2.09. The molecule has 12 nitrogen and oxygen atoms in total. The van der Waals surface area contributed by atoms with Crippen LogP contribution < -0.4 is 0 Å². The quantitative estimate of drug-likeness (QED) is 0.364. The summed E-state index contributed by atoms with van der Waals surface area (Å²) in [5.41, 5.74) is -4.60. The van der Waals surface area contributed by atoms with Gasteiger partial charge in [-0.3, -0.25) is 19.2 Å². The molecule has 0 amide bonds. The Morgan fingerprint density at radius 3 is 1.95 bits per heavy atom. The van der Waals surface area contributed by atoms with Gasteiger partial charge in [-0.2, -0.15) is 0 Å². The minimum Gasteiger partial charge on any atom is -0.465 e. The maximum atomic E-state index is 13.7. The smallest absolute Gasteiger partial charge is 0.338 e. The molecule has 3 aliphatic rings. The van der Waals surface area contributed by atoms with E-state index in [1.54, 1.807) is 39.0 Å². The Morgan fingerprint density at radius 1 is 0.833 bits per heavy atom. The van der Waals surface area contributed by atoms with Gasteiger partial charge in [-0.05, 0) is 38.3 Å². The molecule has 2 bridgehead atoms. The summed E-state index contributed by atoms with van der Waals surface area (Å²) in [6.07, 6.45) is -6.85. The lowest BCUT2D eigenvalue weighted by Crippen LogP contribution is -2.81. The third-order valence-corrected chi connectivity index (χ3v) is 8.70. The Bertz CT molecular complexity index is 1240. The van der Waals surface area contributed by atoms with Crippen molar-refractivity contribution in [1.82, 2.24) is 0 Å². The van der Waals surface area contributed by atoms with Crippen LogP contribution in [-0.2, 0) is 47.6 Å². The lowest BCUT2D eigenvalue weighted by Gasteiger charge is -2.64. The van der Waals surface area contributed by atoms with E-state index in [9.17, 15) is 29.1 Å². The van der Waals surface area contributed by atoms with Gasteiger partial charge in [-0.1, -0.05) is 25.1 Å². The van der Waals surface area contributed by atoms with Crippen LogP contribution in [0.25, 0.3) is 0 Å². The van der Waals surface area contributed by atoms with Crippen LogP contribution >= 0.6 is 0 Å². The molecule has 1 aromatic rings. The molecular formula is C30H38O12. The van der Waals surface area contributed by atoms with Crippen LogP contribution in [0.1, 0.15) is 65.2 Å². The summed E-state index contributed by atoms with van der Waals surface area (Å²) in [5, 5.41) is 11.5. The maximum absolute atomic E-state index is 13.7. The summed E-state index contributed by atoms with van der Waals surface area (Å²) in [4.78, 5) is 63.8. The molecule has 0 aromatic heterocycles. The first-order valence-corrected chi connectivity index (χ1v) is 13.9. The number of carbonyl (C=O) groups excluding carboxylic acids is 5. The number of esters is 5. The average Bonchev–Trinajstić information content (AvgIpc) is 3.07. The number of ether oxygens (including phenoxy) is 6.